The van der Waals surface area contributed by atoms with Crippen LogP contribution in [0.3, 0.4) is 0 Å². The Balaban J connectivity index is 0.000000387. The molecule has 1 heteroatoms. The van der Waals surface area contributed by atoms with Gasteiger partial charge in [-0.25, -0.2) is 0 Å². The zero-order valence-electron chi connectivity index (χ0n) is 19.1. The Labute approximate surface area is 179 Å². The summed E-state index contributed by atoms with van der Waals surface area (Å²) in [6.07, 6.45) is 9.48. The summed E-state index contributed by atoms with van der Waals surface area (Å²) in [7, 11) is 0. The summed E-state index contributed by atoms with van der Waals surface area (Å²) in [5.74, 6) is 0.801. The number of hydrogen-bond donors (Lipinski definition) is 1. The zero-order chi connectivity index (χ0) is 21.6. The highest BCUT2D eigenvalue weighted by molar-refractivity contribution is 5.26. The maximum absolute atomic E-state index is 5.70. The summed E-state index contributed by atoms with van der Waals surface area (Å²) < 4.78 is 0. The van der Waals surface area contributed by atoms with Gasteiger partial charge in [0.1, 0.15) is 0 Å². The molecule has 29 heavy (non-hydrogen) atoms. The Morgan fingerprint density at radius 1 is 0.966 bits per heavy atom. The van der Waals surface area contributed by atoms with Gasteiger partial charge in [0, 0.05) is 0 Å². The van der Waals surface area contributed by atoms with Crippen molar-refractivity contribution in [2.75, 3.05) is 6.54 Å². The van der Waals surface area contributed by atoms with Gasteiger partial charge in [-0.2, -0.15) is 0 Å². The van der Waals surface area contributed by atoms with Crippen molar-refractivity contribution >= 4 is 13.2 Å². The minimum atomic E-state index is 0.801. The molecule has 0 radical (unpaired) electrons. The van der Waals surface area contributed by atoms with E-state index in [0.29, 0.717) is 0 Å². The Kier molecular flexibility index (Phi) is 12.0. The SMILES string of the molecule is C/C=C(\C)Cc1ccc(CCC(CCC)CCN)cc1.C=c1ccc(C)cc1=C. The summed E-state index contributed by atoms with van der Waals surface area (Å²) in [4.78, 5) is 0. The number of rotatable bonds is 9. The van der Waals surface area contributed by atoms with Crippen molar-refractivity contribution in [3.63, 3.8) is 0 Å². The van der Waals surface area contributed by atoms with E-state index in [-0.39, 0.29) is 0 Å². The van der Waals surface area contributed by atoms with E-state index in [4.69, 9.17) is 5.73 Å². The van der Waals surface area contributed by atoms with Crippen molar-refractivity contribution in [2.24, 2.45) is 11.7 Å². The molecular formula is C28H41N. The largest absolute Gasteiger partial charge is 0.330 e. The van der Waals surface area contributed by atoms with E-state index in [0.717, 1.165) is 29.3 Å². The molecule has 158 valence electrons. The maximum Gasteiger partial charge on any atom is -0.00700 e. The summed E-state index contributed by atoms with van der Waals surface area (Å²) in [5, 5.41) is 2.04. The lowest BCUT2D eigenvalue weighted by atomic mass is 9.92. The van der Waals surface area contributed by atoms with Crippen LogP contribution < -0.4 is 16.2 Å². The van der Waals surface area contributed by atoms with E-state index >= 15 is 0 Å². The third kappa shape index (κ3) is 10.3. The van der Waals surface area contributed by atoms with Crippen molar-refractivity contribution in [2.45, 2.75) is 66.2 Å². The van der Waals surface area contributed by atoms with E-state index in [1.165, 1.54) is 54.4 Å². The van der Waals surface area contributed by atoms with Crippen LogP contribution in [0.4, 0.5) is 0 Å². The number of hydrogen-bond acceptors (Lipinski definition) is 1. The van der Waals surface area contributed by atoms with Crippen LogP contribution in [0.15, 0.2) is 54.1 Å². The predicted molar refractivity (Wildman–Crippen MR) is 131 cm³/mol. The number of nitrogens with two attached hydrogens (primary N) is 1. The van der Waals surface area contributed by atoms with E-state index in [1.807, 2.05) is 25.1 Å². The molecule has 0 aliphatic heterocycles. The molecule has 0 aromatic heterocycles. The average Bonchev–Trinajstić information content (AvgIpc) is 2.71. The Hall–Kier alpha value is -2.12. The van der Waals surface area contributed by atoms with Crippen molar-refractivity contribution in [3.05, 3.63) is 81.2 Å². The van der Waals surface area contributed by atoms with Crippen molar-refractivity contribution in [3.8, 4) is 0 Å². The predicted octanol–water partition coefficient (Wildman–Crippen LogP) is 5.71. The molecule has 2 rings (SSSR count). The van der Waals surface area contributed by atoms with Crippen molar-refractivity contribution in [1.29, 1.82) is 0 Å². The van der Waals surface area contributed by atoms with Crippen LogP contribution in [0.5, 0.6) is 0 Å². The number of benzene rings is 2. The van der Waals surface area contributed by atoms with Gasteiger partial charge in [0.25, 0.3) is 0 Å². The molecule has 0 saturated carbocycles. The first-order valence-electron chi connectivity index (χ1n) is 11.0. The van der Waals surface area contributed by atoms with Crippen LogP contribution >= 0.6 is 0 Å². The molecule has 2 aromatic rings. The first-order valence-corrected chi connectivity index (χ1v) is 11.0. The molecule has 0 saturated heterocycles. The first kappa shape index (κ1) is 24.9. The summed E-state index contributed by atoms with van der Waals surface area (Å²) in [6, 6.07) is 15.2. The van der Waals surface area contributed by atoms with E-state index in [2.05, 4.69) is 64.3 Å². The van der Waals surface area contributed by atoms with Gasteiger partial charge in [-0.1, -0.05) is 92.6 Å². The Morgan fingerprint density at radius 3 is 2.14 bits per heavy atom. The first-order chi connectivity index (χ1) is 13.9. The minimum absolute atomic E-state index is 0.801. The molecule has 2 aromatic carbocycles. The Bertz CT molecular complexity index is 824. The van der Waals surface area contributed by atoms with Gasteiger partial charge in [-0.15, -0.1) is 0 Å². The lowest BCUT2D eigenvalue weighted by Crippen LogP contribution is -2.20. The molecule has 0 spiro atoms. The monoisotopic (exact) mass is 391 g/mol. The topological polar surface area (TPSA) is 26.0 Å². The van der Waals surface area contributed by atoms with Crippen LogP contribution in [0.1, 0.15) is 63.1 Å². The fourth-order valence-electron chi connectivity index (χ4n) is 3.45. The second kappa shape index (κ2) is 14.0. The summed E-state index contributed by atoms with van der Waals surface area (Å²) in [5.41, 5.74) is 11.3. The van der Waals surface area contributed by atoms with E-state index in [9.17, 15) is 0 Å². The van der Waals surface area contributed by atoms with Gasteiger partial charge in [0.2, 0.25) is 0 Å². The fraction of sp³-hybridized carbons (Fsp3) is 0.429. The molecular weight excluding hydrogens is 350 g/mol. The zero-order valence-corrected chi connectivity index (χ0v) is 19.1. The molecule has 1 unspecified atom stereocenters. The van der Waals surface area contributed by atoms with Crippen LogP contribution in [0, 0.1) is 12.8 Å². The number of allylic oxidation sites excluding steroid dienone is 2. The molecule has 0 amide bonds. The van der Waals surface area contributed by atoms with Gasteiger partial charge in [-0.3, -0.25) is 0 Å². The highest BCUT2D eigenvalue weighted by Crippen LogP contribution is 2.19. The lowest BCUT2D eigenvalue weighted by Gasteiger charge is -2.15. The minimum Gasteiger partial charge on any atom is -0.330 e. The molecule has 0 fully saturated rings. The van der Waals surface area contributed by atoms with Crippen LogP contribution in [0.25, 0.3) is 13.2 Å². The van der Waals surface area contributed by atoms with Gasteiger partial charge >= 0.3 is 0 Å². The highest BCUT2D eigenvalue weighted by Gasteiger charge is 2.07. The summed E-state index contributed by atoms with van der Waals surface area (Å²) in [6.45, 7) is 17.1. The van der Waals surface area contributed by atoms with E-state index in [1.54, 1.807) is 0 Å². The fourth-order valence-corrected chi connectivity index (χ4v) is 3.45. The number of aryl methyl sites for hydroxylation is 2. The molecule has 0 bridgehead atoms. The highest BCUT2D eigenvalue weighted by atomic mass is 14.5. The molecule has 1 atom stereocenters. The molecule has 0 heterocycles. The van der Waals surface area contributed by atoms with E-state index < -0.39 is 0 Å². The quantitative estimate of drug-likeness (QED) is 0.544. The molecule has 2 N–H and O–H groups in total. The van der Waals surface area contributed by atoms with Crippen LogP contribution in [-0.2, 0) is 12.8 Å². The average molecular weight is 392 g/mol. The van der Waals surface area contributed by atoms with Gasteiger partial charge in [0.15, 0.2) is 0 Å². The van der Waals surface area contributed by atoms with Gasteiger partial charge in [-0.05, 0) is 80.5 Å². The second-order valence-electron chi connectivity index (χ2n) is 8.17. The maximum atomic E-state index is 5.70. The Morgan fingerprint density at radius 2 is 1.62 bits per heavy atom. The normalized spacial score (nSPS) is 12.2. The summed E-state index contributed by atoms with van der Waals surface area (Å²) >= 11 is 0. The lowest BCUT2D eigenvalue weighted by molar-refractivity contribution is 0.421. The third-order valence-corrected chi connectivity index (χ3v) is 5.47. The van der Waals surface area contributed by atoms with Crippen molar-refractivity contribution < 1.29 is 0 Å². The second-order valence-corrected chi connectivity index (χ2v) is 8.17. The molecule has 1 nitrogen and oxygen atoms in total. The van der Waals surface area contributed by atoms with Crippen LogP contribution in [0.2, 0.25) is 0 Å². The van der Waals surface area contributed by atoms with Gasteiger partial charge < -0.3 is 5.73 Å². The van der Waals surface area contributed by atoms with Gasteiger partial charge in [0.05, 0.1) is 0 Å². The molecule has 0 aliphatic carbocycles. The van der Waals surface area contributed by atoms with Crippen LogP contribution in [-0.4, -0.2) is 6.54 Å². The standard InChI is InChI=1S/C19H31N.C9H10/c1-4-6-17(13-14-20)7-8-18-9-11-19(12-10-18)15-16(3)5-2;1-7-4-5-8(2)9(3)6-7/h5,9-12,17H,4,6-8,13-15,20H2,1-3H3;4-6H,2-3H2,1H3/b16-5+;. The third-order valence-electron chi connectivity index (χ3n) is 5.47. The smallest absolute Gasteiger partial charge is 0.00700 e. The van der Waals surface area contributed by atoms with Crippen molar-refractivity contribution in [1.82, 2.24) is 0 Å². The molecule has 0 aliphatic rings.